The predicted molar refractivity (Wildman–Crippen MR) is 118 cm³/mol. The minimum Gasteiger partial charge on any atom is -0.454 e. The van der Waals surface area contributed by atoms with E-state index in [2.05, 4.69) is 20.3 Å². The number of aromatic amines is 1. The van der Waals surface area contributed by atoms with Crippen LogP contribution in [-0.4, -0.2) is 53.4 Å². The monoisotopic (exact) mass is 489 g/mol. The van der Waals surface area contributed by atoms with Gasteiger partial charge >= 0.3 is 13.6 Å². The molecule has 0 spiro atoms. The van der Waals surface area contributed by atoms with Gasteiger partial charge in [-0.15, -0.1) is 0 Å². The molecule has 0 aliphatic carbocycles. The van der Waals surface area contributed by atoms with Crippen LogP contribution in [0.1, 0.15) is 29.9 Å². The summed E-state index contributed by atoms with van der Waals surface area (Å²) in [7, 11) is -4.44. The predicted octanol–water partition coefficient (Wildman–Crippen LogP) is 1.28. The molecule has 4 rings (SSSR count). The van der Waals surface area contributed by atoms with Gasteiger partial charge in [0, 0.05) is 19.2 Å². The average molecular weight is 489 g/mol. The van der Waals surface area contributed by atoms with Crippen molar-refractivity contribution in [3.8, 4) is 0 Å². The van der Waals surface area contributed by atoms with Gasteiger partial charge in [0.1, 0.15) is 0 Å². The molecule has 1 amide bonds. The van der Waals surface area contributed by atoms with E-state index in [-0.39, 0.29) is 23.5 Å². The van der Waals surface area contributed by atoms with Crippen molar-refractivity contribution >= 4 is 36.6 Å². The molecule has 3 atom stereocenters. The van der Waals surface area contributed by atoms with E-state index in [1.165, 1.54) is 23.9 Å². The number of hydrogen-bond donors (Lipinski definition) is 4. The van der Waals surface area contributed by atoms with Crippen molar-refractivity contribution in [1.82, 2.24) is 19.5 Å². The molecule has 2 aromatic heterocycles. The van der Waals surface area contributed by atoms with E-state index < -0.39 is 43.5 Å². The van der Waals surface area contributed by atoms with Gasteiger partial charge in [-0.3, -0.25) is 29.0 Å². The van der Waals surface area contributed by atoms with E-state index in [1.807, 2.05) is 0 Å². The summed E-state index contributed by atoms with van der Waals surface area (Å²) in [5, 5.41) is 2.39. The quantitative estimate of drug-likeness (QED) is 0.290. The summed E-state index contributed by atoms with van der Waals surface area (Å²) in [5.74, 6) is -0.489. The number of fused-ring (bicyclic) bond motifs is 1. The standard InChI is InChI=1S/C20H20N5O8P/c1-11(26)22-20-23-16-15(17(27)24-20)21-10-25(16)18-14(9-13(32-18)7-8-34(29,30)31)33-19(28)12-5-3-2-4-6-12/h2-8,10,13-14,18H,9H2,1H3,(H2,29,30,31)(H2,22,23,24,26,27). The molecule has 3 aromatic rings. The molecule has 1 aliphatic heterocycles. The first kappa shape index (κ1) is 23.5. The van der Waals surface area contributed by atoms with Gasteiger partial charge in [-0.05, 0) is 18.2 Å². The number of hydrogen-bond acceptors (Lipinski definition) is 8. The summed E-state index contributed by atoms with van der Waals surface area (Å²) in [6, 6.07) is 8.24. The Morgan fingerprint density at radius 1 is 1.32 bits per heavy atom. The van der Waals surface area contributed by atoms with Crippen LogP contribution in [0, 0.1) is 0 Å². The molecule has 14 heteroatoms. The van der Waals surface area contributed by atoms with E-state index in [0.717, 1.165) is 0 Å². The topological polar surface area (TPSA) is 186 Å². The number of rotatable bonds is 6. The van der Waals surface area contributed by atoms with E-state index in [4.69, 9.17) is 19.3 Å². The largest absolute Gasteiger partial charge is 0.454 e. The van der Waals surface area contributed by atoms with Gasteiger partial charge in [-0.1, -0.05) is 18.2 Å². The highest BCUT2D eigenvalue weighted by molar-refractivity contribution is 7.55. The number of carbonyl (C=O) groups is 2. The van der Waals surface area contributed by atoms with E-state index in [0.29, 0.717) is 11.4 Å². The fourth-order valence-electron chi connectivity index (χ4n) is 3.47. The lowest BCUT2D eigenvalue weighted by Crippen LogP contribution is -2.26. The molecule has 1 aromatic carbocycles. The molecule has 34 heavy (non-hydrogen) atoms. The second-order valence-electron chi connectivity index (χ2n) is 7.46. The highest BCUT2D eigenvalue weighted by Crippen LogP contribution is 2.39. The number of carbonyl (C=O) groups excluding carboxylic acids is 2. The van der Waals surface area contributed by atoms with Crippen molar-refractivity contribution in [3.05, 3.63) is 64.5 Å². The van der Waals surface area contributed by atoms with Gasteiger partial charge in [0.2, 0.25) is 11.9 Å². The van der Waals surface area contributed by atoms with Gasteiger partial charge in [-0.2, -0.15) is 4.98 Å². The lowest BCUT2D eigenvalue weighted by molar-refractivity contribution is -0.114. The van der Waals surface area contributed by atoms with E-state index >= 15 is 0 Å². The Balaban J connectivity index is 1.71. The van der Waals surface area contributed by atoms with Gasteiger partial charge < -0.3 is 19.3 Å². The summed E-state index contributed by atoms with van der Waals surface area (Å²) in [5.41, 5.74) is -0.298. The van der Waals surface area contributed by atoms with Gasteiger partial charge in [0.25, 0.3) is 5.56 Å². The summed E-state index contributed by atoms with van der Waals surface area (Å²) in [6.45, 7) is 1.25. The first-order chi connectivity index (χ1) is 16.1. The molecule has 0 saturated carbocycles. The Labute approximate surface area is 191 Å². The zero-order valence-corrected chi connectivity index (χ0v) is 18.6. The SMILES string of the molecule is CC(=O)Nc1nc2c(ncn2C2OC(C=CP(=O)(O)O)CC2OC(=O)c2ccccc2)c(=O)[nH]1. The van der Waals surface area contributed by atoms with E-state index in [1.54, 1.807) is 30.3 Å². The van der Waals surface area contributed by atoms with Crippen molar-refractivity contribution in [2.75, 3.05) is 5.32 Å². The average Bonchev–Trinajstić information content (AvgIpc) is 3.36. The summed E-state index contributed by atoms with van der Waals surface area (Å²) in [4.78, 5) is 65.4. The molecule has 178 valence electrons. The maximum Gasteiger partial charge on any atom is 0.348 e. The van der Waals surface area contributed by atoms with Crippen LogP contribution in [0.2, 0.25) is 0 Å². The van der Waals surface area contributed by atoms with Gasteiger partial charge in [0.15, 0.2) is 23.5 Å². The molecule has 4 N–H and O–H groups in total. The number of aromatic nitrogens is 4. The zero-order valence-electron chi connectivity index (χ0n) is 17.7. The second-order valence-corrected chi connectivity index (χ2v) is 8.94. The smallest absolute Gasteiger partial charge is 0.348 e. The maximum absolute atomic E-state index is 12.7. The van der Waals surface area contributed by atoms with Gasteiger partial charge in [-0.25, -0.2) is 9.78 Å². The molecular weight excluding hydrogens is 469 g/mol. The zero-order chi connectivity index (χ0) is 24.5. The third-order valence-corrected chi connectivity index (χ3v) is 5.42. The number of imidazole rings is 1. The molecule has 13 nitrogen and oxygen atoms in total. The molecule has 1 saturated heterocycles. The Kier molecular flexibility index (Phi) is 6.44. The Morgan fingerprint density at radius 2 is 2.06 bits per heavy atom. The number of esters is 1. The summed E-state index contributed by atoms with van der Waals surface area (Å²) < 4.78 is 24.2. The third kappa shape index (κ3) is 5.29. The fraction of sp³-hybridized carbons (Fsp3) is 0.250. The van der Waals surface area contributed by atoms with Crippen molar-refractivity contribution in [2.45, 2.75) is 31.8 Å². The molecule has 1 fully saturated rings. The Hall–Kier alpha value is -3.64. The lowest BCUT2D eigenvalue weighted by Gasteiger charge is -2.20. The van der Waals surface area contributed by atoms with Crippen LogP contribution in [0.25, 0.3) is 11.2 Å². The second kappa shape index (κ2) is 9.31. The number of ether oxygens (including phenoxy) is 2. The Morgan fingerprint density at radius 3 is 2.74 bits per heavy atom. The molecular formula is C20H20N5O8P. The van der Waals surface area contributed by atoms with E-state index in [9.17, 15) is 18.9 Å². The van der Waals surface area contributed by atoms with Crippen LogP contribution in [0.3, 0.4) is 0 Å². The number of benzene rings is 1. The van der Waals surface area contributed by atoms with Crippen LogP contribution in [0.4, 0.5) is 5.95 Å². The first-order valence-electron chi connectivity index (χ1n) is 10.0. The first-order valence-corrected chi connectivity index (χ1v) is 11.7. The maximum atomic E-state index is 12.7. The van der Waals surface area contributed by atoms with Crippen LogP contribution in [0.5, 0.6) is 0 Å². The minimum atomic E-state index is -4.44. The molecule has 3 unspecified atom stereocenters. The number of nitrogens with zero attached hydrogens (tertiary/aromatic N) is 3. The van der Waals surface area contributed by atoms with Crippen LogP contribution < -0.4 is 10.9 Å². The minimum absolute atomic E-state index is 0.0416. The number of anilines is 1. The molecule has 3 heterocycles. The number of H-pyrrole nitrogens is 1. The van der Waals surface area contributed by atoms with Crippen molar-refractivity contribution in [2.24, 2.45) is 0 Å². The van der Waals surface area contributed by atoms with Crippen LogP contribution >= 0.6 is 7.60 Å². The van der Waals surface area contributed by atoms with Crippen molar-refractivity contribution < 1.29 is 33.4 Å². The van der Waals surface area contributed by atoms with Crippen molar-refractivity contribution in [3.63, 3.8) is 0 Å². The fourth-order valence-corrected chi connectivity index (χ4v) is 3.88. The molecule has 0 bridgehead atoms. The van der Waals surface area contributed by atoms with Crippen LogP contribution in [-0.2, 0) is 18.8 Å². The van der Waals surface area contributed by atoms with Crippen molar-refractivity contribution in [1.29, 1.82) is 0 Å². The number of amides is 1. The highest BCUT2D eigenvalue weighted by atomic mass is 31.2. The molecule has 0 radical (unpaired) electrons. The highest BCUT2D eigenvalue weighted by Gasteiger charge is 2.40. The van der Waals surface area contributed by atoms with Gasteiger partial charge in [0.05, 0.1) is 18.0 Å². The summed E-state index contributed by atoms with van der Waals surface area (Å²) >= 11 is 0. The normalized spacial score (nSPS) is 20.6. The molecule has 1 aliphatic rings. The Bertz CT molecular complexity index is 1360. The van der Waals surface area contributed by atoms with Crippen LogP contribution in [0.15, 0.2) is 53.3 Å². The summed E-state index contributed by atoms with van der Waals surface area (Å²) in [6.07, 6.45) is -0.230. The third-order valence-electron chi connectivity index (χ3n) is 4.86. The number of nitrogens with one attached hydrogen (secondary N) is 2. The lowest BCUT2D eigenvalue weighted by atomic mass is 10.2.